The van der Waals surface area contributed by atoms with Crippen molar-refractivity contribution in [1.29, 1.82) is 0 Å². The van der Waals surface area contributed by atoms with Gasteiger partial charge in [-0.3, -0.25) is 19.3 Å². The van der Waals surface area contributed by atoms with Crippen molar-refractivity contribution in [3.63, 3.8) is 0 Å². The van der Waals surface area contributed by atoms with Gasteiger partial charge in [0.05, 0.1) is 6.54 Å². The number of benzene rings is 2. The summed E-state index contributed by atoms with van der Waals surface area (Å²) >= 11 is 0. The summed E-state index contributed by atoms with van der Waals surface area (Å²) in [6.07, 6.45) is 0.703. The maximum atomic E-state index is 12.7. The van der Waals surface area contributed by atoms with Gasteiger partial charge in [-0.1, -0.05) is 12.1 Å². The minimum atomic E-state index is -0.0799. The van der Waals surface area contributed by atoms with Crippen LogP contribution in [-0.2, 0) is 16.0 Å². The molecule has 2 heterocycles. The van der Waals surface area contributed by atoms with E-state index in [9.17, 15) is 14.4 Å². The Morgan fingerprint density at radius 3 is 2.62 bits per heavy atom. The van der Waals surface area contributed by atoms with Gasteiger partial charge in [0.2, 0.25) is 11.8 Å². The standard InChI is InChI=1S/C22H22N4O3/c1-13(27)26-9-7-25(8-10-26)12-19(28)23-17-5-6-18-21-16(17)11-14-3-2-4-15(20(14)21)22(29)24-18/h2-6H,7-12H2,1H3,(H,23,28)(H,24,29). The van der Waals surface area contributed by atoms with Crippen molar-refractivity contribution in [1.82, 2.24) is 14.8 Å². The van der Waals surface area contributed by atoms with E-state index in [1.807, 2.05) is 35.2 Å². The zero-order valence-corrected chi connectivity index (χ0v) is 16.2. The van der Waals surface area contributed by atoms with Gasteiger partial charge in [0.15, 0.2) is 0 Å². The van der Waals surface area contributed by atoms with E-state index in [0.717, 1.165) is 33.1 Å². The van der Waals surface area contributed by atoms with Crippen LogP contribution in [0.1, 0.15) is 18.1 Å². The number of aromatic amines is 1. The van der Waals surface area contributed by atoms with Crippen molar-refractivity contribution in [2.24, 2.45) is 0 Å². The lowest BCUT2D eigenvalue weighted by molar-refractivity contribution is -0.130. The van der Waals surface area contributed by atoms with Crippen LogP contribution in [0.4, 0.5) is 5.69 Å². The van der Waals surface area contributed by atoms with Gasteiger partial charge in [-0.05, 0) is 29.3 Å². The molecule has 3 aromatic rings. The lowest BCUT2D eigenvalue weighted by Crippen LogP contribution is -2.49. The molecule has 2 aliphatic rings. The quantitative estimate of drug-likeness (QED) is 0.522. The molecule has 1 fully saturated rings. The third kappa shape index (κ3) is 2.98. The van der Waals surface area contributed by atoms with Crippen molar-refractivity contribution in [3.05, 3.63) is 51.8 Å². The van der Waals surface area contributed by atoms with Gasteiger partial charge >= 0.3 is 0 Å². The van der Waals surface area contributed by atoms with Crippen molar-refractivity contribution < 1.29 is 9.59 Å². The van der Waals surface area contributed by atoms with Crippen LogP contribution < -0.4 is 10.9 Å². The molecule has 148 valence electrons. The molecule has 29 heavy (non-hydrogen) atoms. The molecule has 0 bridgehead atoms. The van der Waals surface area contributed by atoms with Crippen molar-refractivity contribution in [2.75, 3.05) is 38.0 Å². The molecule has 1 aliphatic carbocycles. The Hall–Kier alpha value is -3.19. The molecule has 0 unspecified atom stereocenters. The maximum Gasteiger partial charge on any atom is 0.256 e. The first-order valence-electron chi connectivity index (χ1n) is 9.88. The molecule has 0 spiro atoms. The molecule has 5 rings (SSSR count). The smallest absolute Gasteiger partial charge is 0.256 e. The van der Waals surface area contributed by atoms with E-state index in [0.29, 0.717) is 44.5 Å². The Morgan fingerprint density at radius 1 is 1.07 bits per heavy atom. The van der Waals surface area contributed by atoms with E-state index >= 15 is 0 Å². The molecule has 2 amide bonds. The van der Waals surface area contributed by atoms with E-state index in [-0.39, 0.29) is 17.4 Å². The number of hydrogen-bond donors (Lipinski definition) is 2. The van der Waals surface area contributed by atoms with Crippen LogP contribution in [-0.4, -0.2) is 59.3 Å². The summed E-state index contributed by atoms with van der Waals surface area (Å²) in [6, 6.07) is 9.53. The molecule has 0 atom stereocenters. The molecule has 2 N–H and O–H groups in total. The summed E-state index contributed by atoms with van der Waals surface area (Å²) in [7, 11) is 0. The number of piperazine rings is 1. The number of carbonyl (C=O) groups is 2. The molecular formula is C22H22N4O3. The molecule has 0 saturated carbocycles. The van der Waals surface area contributed by atoms with Crippen LogP contribution in [0.15, 0.2) is 35.1 Å². The summed E-state index contributed by atoms with van der Waals surface area (Å²) in [6.45, 7) is 4.59. The number of nitrogens with zero attached hydrogens (tertiary/aromatic N) is 2. The molecule has 7 heteroatoms. The van der Waals surface area contributed by atoms with Gasteiger partial charge in [-0.25, -0.2) is 0 Å². The Bertz CT molecular complexity index is 1220. The zero-order valence-electron chi connectivity index (χ0n) is 16.2. The van der Waals surface area contributed by atoms with Crippen LogP contribution in [0, 0.1) is 0 Å². The van der Waals surface area contributed by atoms with E-state index in [4.69, 9.17) is 0 Å². The average Bonchev–Trinajstić information content (AvgIpc) is 3.10. The number of carbonyl (C=O) groups excluding carboxylic acids is 2. The Morgan fingerprint density at radius 2 is 1.86 bits per heavy atom. The SMILES string of the molecule is CC(=O)N1CCN(CC(=O)Nc2ccc3[nH]c(=O)c4cccc5c4c3c2C5)CC1. The van der Waals surface area contributed by atoms with Gasteiger partial charge in [0.25, 0.3) is 5.56 Å². The number of H-pyrrole nitrogens is 1. The number of amides is 2. The zero-order chi connectivity index (χ0) is 20.1. The highest BCUT2D eigenvalue weighted by molar-refractivity contribution is 6.14. The number of nitrogens with one attached hydrogen (secondary N) is 2. The van der Waals surface area contributed by atoms with Gasteiger partial charge in [-0.2, -0.15) is 0 Å². The van der Waals surface area contributed by atoms with Crippen LogP contribution >= 0.6 is 0 Å². The predicted octanol–water partition coefficient (Wildman–Crippen LogP) is 1.69. The van der Waals surface area contributed by atoms with E-state index < -0.39 is 0 Å². The summed E-state index contributed by atoms with van der Waals surface area (Å²) < 4.78 is 0. The second-order valence-corrected chi connectivity index (χ2v) is 7.82. The van der Waals surface area contributed by atoms with Gasteiger partial charge in [-0.15, -0.1) is 0 Å². The highest BCUT2D eigenvalue weighted by Crippen LogP contribution is 2.39. The van der Waals surface area contributed by atoms with E-state index in [2.05, 4.69) is 15.2 Å². The fourth-order valence-corrected chi connectivity index (χ4v) is 4.56. The second kappa shape index (κ2) is 6.70. The number of rotatable bonds is 3. The Balaban J connectivity index is 1.39. The first-order chi connectivity index (χ1) is 14.0. The van der Waals surface area contributed by atoms with Crippen molar-refractivity contribution in [3.8, 4) is 0 Å². The highest BCUT2D eigenvalue weighted by atomic mass is 16.2. The molecule has 2 aromatic carbocycles. The normalized spacial score (nSPS) is 16.1. The van der Waals surface area contributed by atoms with Crippen LogP contribution in [0.5, 0.6) is 0 Å². The lowest BCUT2D eigenvalue weighted by Gasteiger charge is -2.33. The van der Waals surface area contributed by atoms with Gasteiger partial charge in [0.1, 0.15) is 0 Å². The molecule has 0 radical (unpaired) electrons. The molecule has 1 aliphatic heterocycles. The maximum absolute atomic E-state index is 12.7. The average molecular weight is 390 g/mol. The Labute approximate surface area is 167 Å². The Kier molecular flexibility index (Phi) is 4.13. The fraction of sp³-hybridized carbons (Fsp3) is 0.318. The van der Waals surface area contributed by atoms with E-state index in [1.54, 1.807) is 6.92 Å². The summed E-state index contributed by atoms with van der Waals surface area (Å²) in [4.78, 5) is 43.3. The summed E-state index contributed by atoms with van der Waals surface area (Å²) in [5.41, 5.74) is 3.70. The highest BCUT2D eigenvalue weighted by Gasteiger charge is 2.24. The minimum absolute atomic E-state index is 0.0616. The van der Waals surface area contributed by atoms with Crippen LogP contribution in [0.25, 0.3) is 21.7 Å². The second-order valence-electron chi connectivity index (χ2n) is 7.82. The predicted molar refractivity (Wildman–Crippen MR) is 112 cm³/mol. The number of aromatic nitrogens is 1. The molecule has 1 aromatic heterocycles. The van der Waals surface area contributed by atoms with Gasteiger partial charge in [0, 0.05) is 66.9 Å². The third-order valence-corrected chi connectivity index (χ3v) is 6.03. The van der Waals surface area contributed by atoms with Crippen molar-refractivity contribution >= 4 is 39.2 Å². The molecule has 1 saturated heterocycles. The minimum Gasteiger partial charge on any atom is -0.340 e. The largest absolute Gasteiger partial charge is 0.340 e. The topological polar surface area (TPSA) is 85.5 Å². The molecule has 7 nitrogen and oxygen atoms in total. The first-order valence-corrected chi connectivity index (χ1v) is 9.88. The fourth-order valence-electron chi connectivity index (χ4n) is 4.56. The monoisotopic (exact) mass is 390 g/mol. The summed E-state index contributed by atoms with van der Waals surface area (Å²) in [5, 5.41) is 5.79. The van der Waals surface area contributed by atoms with Crippen molar-refractivity contribution in [2.45, 2.75) is 13.3 Å². The third-order valence-electron chi connectivity index (χ3n) is 6.03. The number of anilines is 1. The summed E-state index contributed by atoms with van der Waals surface area (Å²) in [5.74, 6) is 0.0192. The number of pyridine rings is 1. The molecular weight excluding hydrogens is 368 g/mol. The lowest BCUT2D eigenvalue weighted by atomic mass is 10.1. The first kappa shape index (κ1) is 17.9. The van der Waals surface area contributed by atoms with Crippen LogP contribution in [0.2, 0.25) is 0 Å². The van der Waals surface area contributed by atoms with Gasteiger partial charge < -0.3 is 15.2 Å². The van der Waals surface area contributed by atoms with Crippen LogP contribution in [0.3, 0.4) is 0 Å². The number of hydrogen-bond acceptors (Lipinski definition) is 4. The van der Waals surface area contributed by atoms with E-state index in [1.165, 1.54) is 0 Å².